The van der Waals surface area contributed by atoms with Gasteiger partial charge in [-0.3, -0.25) is 0 Å². The van der Waals surface area contributed by atoms with E-state index in [4.69, 9.17) is 16.3 Å². The molecule has 2 unspecified atom stereocenters. The lowest BCUT2D eigenvalue weighted by Crippen LogP contribution is -2.21. The lowest BCUT2D eigenvalue weighted by molar-refractivity contribution is 0.242. The van der Waals surface area contributed by atoms with Crippen LogP contribution in [0, 0.1) is 5.92 Å². The van der Waals surface area contributed by atoms with Gasteiger partial charge in [-0.2, -0.15) is 0 Å². The second-order valence-electron chi connectivity index (χ2n) is 5.81. The molecule has 3 heteroatoms. The third kappa shape index (κ3) is 5.62. The molecule has 0 saturated carbocycles. The Labute approximate surface area is 128 Å². The van der Waals surface area contributed by atoms with Crippen molar-refractivity contribution in [3.8, 4) is 5.75 Å². The molecule has 0 radical (unpaired) electrons. The van der Waals surface area contributed by atoms with E-state index in [9.17, 15) is 0 Å². The third-order valence-electron chi connectivity index (χ3n) is 3.54. The molecule has 2 atom stereocenters. The van der Waals surface area contributed by atoms with E-state index in [0.29, 0.717) is 11.1 Å². The number of halogens is 1. The van der Waals surface area contributed by atoms with Gasteiger partial charge in [0.1, 0.15) is 5.75 Å². The minimum absolute atomic E-state index is 0.139. The molecule has 1 aromatic carbocycles. The van der Waals surface area contributed by atoms with Crippen molar-refractivity contribution in [2.75, 3.05) is 5.32 Å². The van der Waals surface area contributed by atoms with Gasteiger partial charge in [-0.25, -0.2) is 0 Å². The van der Waals surface area contributed by atoms with E-state index in [0.717, 1.165) is 23.8 Å². The fraction of sp³-hybridized carbons (Fsp3) is 0.647. The second-order valence-corrected chi connectivity index (χ2v) is 6.22. The summed E-state index contributed by atoms with van der Waals surface area (Å²) in [6.45, 7) is 10.8. The summed E-state index contributed by atoms with van der Waals surface area (Å²) in [4.78, 5) is 0. The number of hydrogen-bond donors (Lipinski definition) is 1. The molecule has 114 valence electrons. The summed E-state index contributed by atoms with van der Waals surface area (Å²) in [5.74, 6) is 1.49. The molecular formula is C17H28ClNO. The van der Waals surface area contributed by atoms with Gasteiger partial charge < -0.3 is 10.1 Å². The molecule has 0 spiro atoms. The molecule has 0 heterocycles. The van der Waals surface area contributed by atoms with Crippen molar-refractivity contribution < 1.29 is 4.74 Å². The van der Waals surface area contributed by atoms with Gasteiger partial charge in [0.15, 0.2) is 0 Å². The summed E-state index contributed by atoms with van der Waals surface area (Å²) < 4.78 is 5.65. The Morgan fingerprint density at radius 2 is 1.85 bits per heavy atom. The molecule has 1 aromatic rings. The number of nitrogens with one attached hydrogen (secondary N) is 1. The molecule has 0 aliphatic rings. The zero-order chi connectivity index (χ0) is 15.1. The standard InChI is InChI=1S/C17H28ClNO/c1-6-13(5)10-14(7-2)19-15-8-9-17(16(18)11-15)20-12(3)4/h8-9,11-14,19H,6-7,10H2,1-5H3. The van der Waals surface area contributed by atoms with Crippen LogP contribution >= 0.6 is 11.6 Å². The summed E-state index contributed by atoms with van der Waals surface area (Å²) in [6.07, 6.45) is 3.67. The summed E-state index contributed by atoms with van der Waals surface area (Å²) in [5, 5.41) is 4.24. The number of ether oxygens (including phenoxy) is 1. The molecule has 0 aromatic heterocycles. The molecule has 1 rings (SSSR count). The largest absolute Gasteiger partial charge is 0.489 e. The SMILES string of the molecule is CCC(C)CC(CC)Nc1ccc(OC(C)C)c(Cl)c1. The Bertz CT molecular complexity index is 406. The van der Waals surface area contributed by atoms with E-state index in [1.807, 2.05) is 32.0 Å². The van der Waals surface area contributed by atoms with Crippen LogP contribution in [0.3, 0.4) is 0 Å². The van der Waals surface area contributed by atoms with E-state index >= 15 is 0 Å². The Balaban J connectivity index is 2.69. The molecule has 0 saturated heterocycles. The second kappa shape index (κ2) is 8.41. The van der Waals surface area contributed by atoms with Gasteiger partial charge in [-0.15, -0.1) is 0 Å². The van der Waals surface area contributed by atoms with E-state index in [1.165, 1.54) is 12.8 Å². The minimum atomic E-state index is 0.139. The summed E-state index contributed by atoms with van der Waals surface area (Å²) in [7, 11) is 0. The van der Waals surface area contributed by atoms with Crippen molar-refractivity contribution >= 4 is 17.3 Å². The van der Waals surface area contributed by atoms with Gasteiger partial charge in [0.2, 0.25) is 0 Å². The van der Waals surface area contributed by atoms with Crippen molar-refractivity contribution in [1.82, 2.24) is 0 Å². The molecule has 0 aliphatic carbocycles. The lowest BCUT2D eigenvalue weighted by Gasteiger charge is -2.22. The van der Waals surface area contributed by atoms with Crippen LogP contribution in [0.2, 0.25) is 5.02 Å². The van der Waals surface area contributed by atoms with E-state index in [2.05, 4.69) is 26.1 Å². The number of hydrogen-bond acceptors (Lipinski definition) is 2. The number of benzene rings is 1. The van der Waals surface area contributed by atoms with Crippen molar-refractivity contribution in [3.63, 3.8) is 0 Å². The predicted molar refractivity (Wildman–Crippen MR) is 89.0 cm³/mol. The van der Waals surface area contributed by atoms with E-state index in [-0.39, 0.29) is 6.10 Å². The first kappa shape index (κ1) is 17.2. The molecule has 2 nitrogen and oxygen atoms in total. The fourth-order valence-electron chi connectivity index (χ4n) is 2.16. The highest BCUT2D eigenvalue weighted by atomic mass is 35.5. The summed E-state index contributed by atoms with van der Waals surface area (Å²) >= 11 is 6.27. The highest BCUT2D eigenvalue weighted by Gasteiger charge is 2.11. The van der Waals surface area contributed by atoms with Gasteiger partial charge in [-0.1, -0.05) is 38.8 Å². The normalized spacial score (nSPS) is 14.2. The number of anilines is 1. The Morgan fingerprint density at radius 3 is 2.35 bits per heavy atom. The van der Waals surface area contributed by atoms with Crippen molar-refractivity contribution in [3.05, 3.63) is 23.2 Å². The lowest BCUT2D eigenvalue weighted by atomic mass is 9.97. The zero-order valence-corrected chi connectivity index (χ0v) is 14.1. The maximum atomic E-state index is 6.27. The summed E-state index contributed by atoms with van der Waals surface area (Å²) in [5.41, 5.74) is 1.07. The zero-order valence-electron chi connectivity index (χ0n) is 13.4. The van der Waals surface area contributed by atoms with Crippen LogP contribution in [0.1, 0.15) is 53.9 Å². The first-order valence-electron chi connectivity index (χ1n) is 7.68. The molecule has 0 aliphatic heterocycles. The van der Waals surface area contributed by atoms with Crippen molar-refractivity contribution in [2.45, 2.75) is 66.0 Å². The predicted octanol–water partition coefficient (Wildman–Crippen LogP) is 5.75. The van der Waals surface area contributed by atoms with Gasteiger partial charge in [0, 0.05) is 11.7 Å². The molecule has 20 heavy (non-hydrogen) atoms. The van der Waals surface area contributed by atoms with Gasteiger partial charge >= 0.3 is 0 Å². The maximum Gasteiger partial charge on any atom is 0.138 e. The van der Waals surface area contributed by atoms with Crippen LogP contribution in [0.15, 0.2) is 18.2 Å². The van der Waals surface area contributed by atoms with Crippen LogP contribution in [-0.2, 0) is 0 Å². The monoisotopic (exact) mass is 297 g/mol. The number of rotatable bonds is 8. The van der Waals surface area contributed by atoms with Gasteiger partial charge in [-0.05, 0) is 50.8 Å². The Kier molecular flexibility index (Phi) is 7.22. The Hall–Kier alpha value is -0.890. The molecule has 0 fully saturated rings. The van der Waals surface area contributed by atoms with E-state index < -0.39 is 0 Å². The molecule has 1 N–H and O–H groups in total. The quantitative estimate of drug-likeness (QED) is 0.659. The van der Waals surface area contributed by atoms with Crippen LogP contribution in [0.4, 0.5) is 5.69 Å². The Morgan fingerprint density at radius 1 is 1.15 bits per heavy atom. The van der Waals surface area contributed by atoms with Crippen LogP contribution in [-0.4, -0.2) is 12.1 Å². The minimum Gasteiger partial charge on any atom is -0.489 e. The van der Waals surface area contributed by atoms with Crippen molar-refractivity contribution in [1.29, 1.82) is 0 Å². The maximum absolute atomic E-state index is 6.27. The first-order chi connectivity index (χ1) is 9.46. The average Bonchev–Trinajstić information content (AvgIpc) is 2.40. The van der Waals surface area contributed by atoms with Crippen LogP contribution in [0.5, 0.6) is 5.75 Å². The first-order valence-corrected chi connectivity index (χ1v) is 8.06. The average molecular weight is 298 g/mol. The highest BCUT2D eigenvalue weighted by molar-refractivity contribution is 6.32. The molecular weight excluding hydrogens is 270 g/mol. The topological polar surface area (TPSA) is 21.3 Å². The smallest absolute Gasteiger partial charge is 0.138 e. The van der Waals surface area contributed by atoms with E-state index in [1.54, 1.807) is 0 Å². The van der Waals surface area contributed by atoms with Gasteiger partial charge in [0.05, 0.1) is 11.1 Å². The van der Waals surface area contributed by atoms with Crippen molar-refractivity contribution in [2.24, 2.45) is 5.92 Å². The highest BCUT2D eigenvalue weighted by Crippen LogP contribution is 2.29. The molecule has 0 bridgehead atoms. The third-order valence-corrected chi connectivity index (χ3v) is 3.84. The fourth-order valence-corrected chi connectivity index (χ4v) is 2.38. The van der Waals surface area contributed by atoms with Crippen LogP contribution < -0.4 is 10.1 Å². The molecule has 0 amide bonds. The van der Waals surface area contributed by atoms with Gasteiger partial charge in [0.25, 0.3) is 0 Å². The summed E-state index contributed by atoms with van der Waals surface area (Å²) in [6, 6.07) is 6.44. The van der Waals surface area contributed by atoms with Crippen LogP contribution in [0.25, 0.3) is 0 Å².